The Bertz CT molecular complexity index is 222. The van der Waals surface area contributed by atoms with Crippen molar-refractivity contribution in [2.75, 3.05) is 6.16 Å². The molecule has 0 aliphatic heterocycles. The molecule has 5 nitrogen and oxygen atoms in total. The Hall–Kier alpha value is 0.0700. The fraction of sp³-hybridized carbons (Fsp3) is 1.00. The van der Waals surface area contributed by atoms with Gasteiger partial charge in [-0.05, 0) is 6.42 Å². The molecule has 0 aromatic heterocycles. The van der Waals surface area contributed by atoms with E-state index in [0.29, 0.717) is 6.42 Å². The minimum atomic E-state index is -3.75. The monoisotopic (exact) mass is 312 g/mol. The van der Waals surface area contributed by atoms with Crippen molar-refractivity contribution in [1.82, 2.24) is 12.3 Å². The van der Waals surface area contributed by atoms with Gasteiger partial charge in [-0.1, -0.05) is 77.6 Å². The number of hydrogen-bond donors (Lipinski definition) is 4. The molecule has 0 aliphatic carbocycles. The fourth-order valence-corrected chi connectivity index (χ4v) is 2.79. The molecular formula is C14H37N2O3P. The van der Waals surface area contributed by atoms with Gasteiger partial charge in [0.05, 0.1) is 0 Å². The first-order valence-electron chi connectivity index (χ1n) is 7.61. The summed E-state index contributed by atoms with van der Waals surface area (Å²) in [6, 6.07) is 0. The Morgan fingerprint density at radius 2 is 0.950 bits per heavy atom. The van der Waals surface area contributed by atoms with E-state index in [9.17, 15) is 4.57 Å². The lowest BCUT2D eigenvalue weighted by molar-refractivity contribution is 0.370. The molecule has 20 heavy (non-hydrogen) atoms. The molecule has 0 spiro atoms. The SMILES string of the molecule is CCCCCCCCCCCCCCP(=O)(O)O.N.N. The number of hydrogen-bond acceptors (Lipinski definition) is 3. The first-order valence-corrected chi connectivity index (χ1v) is 9.40. The van der Waals surface area contributed by atoms with Crippen LogP contribution in [0.3, 0.4) is 0 Å². The van der Waals surface area contributed by atoms with Crippen LogP contribution in [0.2, 0.25) is 0 Å². The van der Waals surface area contributed by atoms with Gasteiger partial charge >= 0.3 is 7.60 Å². The van der Waals surface area contributed by atoms with Crippen LogP contribution in [-0.2, 0) is 4.57 Å². The molecule has 0 saturated carbocycles. The summed E-state index contributed by atoms with van der Waals surface area (Å²) < 4.78 is 10.6. The molecular weight excluding hydrogens is 275 g/mol. The predicted molar refractivity (Wildman–Crippen MR) is 88.0 cm³/mol. The average molecular weight is 312 g/mol. The smallest absolute Gasteiger partial charge is 0.325 e. The van der Waals surface area contributed by atoms with Crippen LogP contribution in [0.5, 0.6) is 0 Å². The third kappa shape index (κ3) is 23.2. The highest BCUT2D eigenvalue weighted by atomic mass is 31.2. The van der Waals surface area contributed by atoms with Crippen LogP contribution >= 0.6 is 7.60 Å². The Kier molecular flexibility index (Phi) is 21.4. The third-order valence-corrected chi connectivity index (χ3v) is 4.20. The van der Waals surface area contributed by atoms with Crippen LogP contribution in [0.25, 0.3) is 0 Å². The van der Waals surface area contributed by atoms with Gasteiger partial charge in [-0.15, -0.1) is 0 Å². The molecule has 0 rings (SSSR count). The zero-order valence-electron chi connectivity index (χ0n) is 13.4. The van der Waals surface area contributed by atoms with Gasteiger partial charge in [0.15, 0.2) is 0 Å². The quantitative estimate of drug-likeness (QED) is 0.275. The summed E-state index contributed by atoms with van der Waals surface area (Å²) in [5, 5.41) is 0. The van der Waals surface area contributed by atoms with Gasteiger partial charge < -0.3 is 22.1 Å². The van der Waals surface area contributed by atoms with Crippen molar-refractivity contribution < 1.29 is 14.4 Å². The van der Waals surface area contributed by atoms with Crippen LogP contribution in [0, 0.1) is 0 Å². The molecule has 0 aromatic carbocycles. The zero-order valence-corrected chi connectivity index (χ0v) is 14.3. The van der Waals surface area contributed by atoms with E-state index in [-0.39, 0.29) is 18.5 Å². The van der Waals surface area contributed by atoms with Gasteiger partial charge in [0.25, 0.3) is 0 Å². The average Bonchev–Trinajstić information content (AvgIpc) is 2.29. The van der Waals surface area contributed by atoms with Gasteiger partial charge in [0.1, 0.15) is 0 Å². The molecule has 0 fully saturated rings. The third-order valence-electron chi connectivity index (χ3n) is 3.30. The molecule has 0 unspecified atom stereocenters. The second-order valence-corrected chi connectivity index (χ2v) is 7.05. The molecule has 0 saturated heterocycles. The molecule has 6 heteroatoms. The van der Waals surface area contributed by atoms with Crippen LogP contribution in [0.4, 0.5) is 0 Å². The first-order chi connectivity index (χ1) is 8.56. The van der Waals surface area contributed by atoms with E-state index in [1.54, 1.807) is 0 Å². The fourth-order valence-electron chi connectivity index (χ4n) is 2.16. The van der Waals surface area contributed by atoms with Crippen LogP contribution in [-0.4, -0.2) is 15.9 Å². The van der Waals surface area contributed by atoms with Crippen molar-refractivity contribution >= 4 is 7.60 Å². The molecule has 126 valence electrons. The Labute approximate surface area is 125 Å². The molecule has 8 N–H and O–H groups in total. The lowest BCUT2D eigenvalue weighted by Crippen LogP contribution is -1.88. The number of unbranched alkanes of at least 4 members (excludes halogenated alkanes) is 11. The van der Waals surface area contributed by atoms with Crippen molar-refractivity contribution in [3.63, 3.8) is 0 Å². The lowest BCUT2D eigenvalue weighted by Gasteiger charge is -2.04. The molecule has 0 aromatic rings. The second kappa shape index (κ2) is 17.1. The van der Waals surface area contributed by atoms with Crippen molar-refractivity contribution in [2.45, 2.75) is 84.0 Å². The Morgan fingerprint density at radius 1 is 0.650 bits per heavy atom. The maximum atomic E-state index is 10.6. The van der Waals surface area contributed by atoms with Crippen LogP contribution in [0.1, 0.15) is 84.0 Å². The summed E-state index contributed by atoms with van der Waals surface area (Å²) in [5.74, 6) is 0. The molecule has 0 aliphatic rings. The minimum Gasteiger partial charge on any atom is -0.344 e. The highest BCUT2D eigenvalue weighted by Gasteiger charge is 2.10. The van der Waals surface area contributed by atoms with Gasteiger partial charge in [0, 0.05) is 6.16 Å². The second-order valence-electron chi connectivity index (χ2n) is 5.28. The lowest BCUT2D eigenvalue weighted by atomic mass is 10.1. The van der Waals surface area contributed by atoms with Crippen LogP contribution in [0.15, 0.2) is 0 Å². The summed E-state index contributed by atoms with van der Waals surface area (Å²) in [5.41, 5.74) is 0. The standard InChI is InChI=1S/C14H31O3P.2H3N/c1-2-3-4-5-6-7-8-9-10-11-12-13-14-18(15,16)17;;/h2-14H2,1H3,(H2,15,16,17);2*1H3. The van der Waals surface area contributed by atoms with Gasteiger partial charge in [0.2, 0.25) is 0 Å². The van der Waals surface area contributed by atoms with Gasteiger partial charge in [-0.25, -0.2) is 0 Å². The molecule has 0 heterocycles. The van der Waals surface area contributed by atoms with Gasteiger partial charge in [-0.3, -0.25) is 4.57 Å². The summed E-state index contributed by atoms with van der Waals surface area (Å²) in [6.45, 7) is 2.24. The molecule has 0 amide bonds. The number of rotatable bonds is 13. The van der Waals surface area contributed by atoms with E-state index in [0.717, 1.165) is 12.8 Å². The predicted octanol–water partition coefficient (Wildman–Crippen LogP) is 5.19. The highest BCUT2D eigenvalue weighted by Crippen LogP contribution is 2.35. The normalized spacial score (nSPS) is 10.8. The molecule has 0 bridgehead atoms. The maximum absolute atomic E-state index is 10.6. The largest absolute Gasteiger partial charge is 0.344 e. The van der Waals surface area contributed by atoms with Crippen LogP contribution < -0.4 is 12.3 Å². The Balaban J connectivity index is -0.00000144. The first kappa shape index (κ1) is 25.0. The molecule has 0 atom stereocenters. The summed E-state index contributed by atoms with van der Waals surface area (Å²) in [7, 11) is -3.75. The summed E-state index contributed by atoms with van der Waals surface area (Å²) in [6.07, 6.45) is 14.8. The molecule has 0 radical (unpaired) electrons. The van der Waals surface area contributed by atoms with E-state index in [1.807, 2.05) is 0 Å². The van der Waals surface area contributed by atoms with E-state index < -0.39 is 7.60 Å². The minimum absolute atomic E-state index is 0. The highest BCUT2D eigenvalue weighted by molar-refractivity contribution is 7.51. The van der Waals surface area contributed by atoms with Crippen molar-refractivity contribution in [3.05, 3.63) is 0 Å². The Morgan fingerprint density at radius 3 is 1.25 bits per heavy atom. The topological polar surface area (TPSA) is 128 Å². The summed E-state index contributed by atoms with van der Waals surface area (Å²) in [4.78, 5) is 17.4. The zero-order chi connectivity index (χ0) is 13.7. The van der Waals surface area contributed by atoms with Crippen molar-refractivity contribution in [3.8, 4) is 0 Å². The van der Waals surface area contributed by atoms with Crippen molar-refractivity contribution in [1.29, 1.82) is 0 Å². The summed E-state index contributed by atoms with van der Waals surface area (Å²) >= 11 is 0. The van der Waals surface area contributed by atoms with E-state index in [1.165, 1.54) is 57.8 Å². The van der Waals surface area contributed by atoms with E-state index in [2.05, 4.69) is 6.92 Å². The maximum Gasteiger partial charge on any atom is 0.325 e. The van der Waals surface area contributed by atoms with E-state index >= 15 is 0 Å². The van der Waals surface area contributed by atoms with E-state index in [4.69, 9.17) is 9.79 Å². The van der Waals surface area contributed by atoms with Crippen molar-refractivity contribution in [2.24, 2.45) is 0 Å². The van der Waals surface area contributed by atoms with Gasteiger partial charge in [-0.2, -0.15) is 0 Å².